The Morgan fingerprint density at radius 1 is 0.875 bits per heavy atom. The summed E-state index contributed by atoms with van der Waals surface area (Å²) in [5, 5.41) is 31.0. The molecule has 0 aromatic heterocycles. The van der Waals surface area contributed by atoms with Gasteiger partial charge in [0.1, 0.15) is 0 Å². The summed E-state index contributed by atoms with van der Waals surface area (Å²) in [6, 6.07) is 11.2. The van der Waals surface area contributed by atoms with Gasteiger partial charge >= 0.3 is 0 Å². The molecular weight excluding hydrogens is 310 g/mol. The van der Waals surface area contributed by atoms with Crippen LogP contribution in [-0.2, 0) is 0 Å². The highest BCUT2D eigenvalue weighted by atomic mass is 16.3. The van der Waals surface area contributed by atoms with Gasteiger partial charge in [-0.25, -0.2) is 0 Å². The van der Waals surface area contributed by atoms with E-state index in [-0.39, 0.29) is 30.1 Å². The molecule has 6 nitrogen and oxygen atoms in total. The van der Waals surface area contributed by atoms with Gasteiger partial charge in [-0.3, -0.25) is 9.59 Å². The molecule has 0 bridgehead atoms. The smallest absolute Gasteiger partial charge is 0.200 e. The monoisotopic (exact) mass is 329 g/mol. The van der Waals surface area contributed by atoms with Crippen LogP contribution in [-0.4, -0.2) is 40.0 Å². The lowest BCUT2D eigenvalue weighted by atomic mass is 10.1. The number of carbonyl (C=O) groups excluding carboxylic acids is 2. The molecule has 2 rings (SSSR count). The maximum Gasteiger partial charge on any atom is 0.200 e. The summed E-state index contributed by atoms with van der Waals surface area (Å²) in [6.07, 6.45) is 0.694. The topological polar surface area (TPSA) is 107 Å². The summed E-state index contributed by atoms with van der Waals surface area (Å²) >= 11 is 0. The van der Waals surface area contributed by atoms with E-state index < -0.39 is 17.2 Å². The summed E-state index contributed by atoms with van der Waals surface area (Å²) in [6.45, 7) is 0.680. The molecule has 4 N–H and O–H groups in total. The molecule has 0 aliphatic heterocycles. The molecule has 0 spiro atoms. The van der Waals surface area contributed by atoms with Gasteiger partial charge < -0.3 is 20.6 Å². The first-order valence-corrected chi connectivity index (χ1v) is 7.56. The molecule has 0 aliphatic rings. The van der Waals surface area contributed by atoms with E-state index in [0.717, 1.165) is 12.1 Å². The van der Waals surface area contributed by atoms with E-state index >= 15 is 0 Å². The fourth-order valence-corrected chi connectivity index (χ4v) is 2.21. The summed E-state index contributed by atoms with van der Waals surface area (Å²) < 4.78 is 0. The molecule has 2 aromatic rings. The van der Waals surface area contributed by atoms with Gasteiger partial charge in [-0.1, -0.05) is 30.3 Å². The van der Waals surface area contributed by atoms with E-state index in [4.69, 9.17) is 0 Å². The molecule has 0 aliphatic carbocycles. The number of carbonyl (C=O) groups is 2. The van der Waals surface area contributed by atoms with Gasteiger partial charge in [0.05, 0.1) is 6.54 Å². The van der Waals surface area contributed by atoms with Gasteiger partial charge in [0.2, 0.25) is 0 Å². The maximum atomic E-state index is 12.0. The van der Waals surface area contributed by atoms with Crippen molar-refractivity contribution in [2.75, 3.05) is 13.1 Å². The highest BCUT2D eigenvalue weighted by Gasteiger charge is 2.13. The van der Waals surface area contributed by atoms with Crippen molar-refractivity contribution in [2.24, 2.45) is 0 Å². The van der Waals surface area contributed by atoms with E-state index in [1.807, 2.05) is 6.07 Å². The number of hydrogen-bond acceptors (Lipinski definition) is 6. The predicted octanol–water partition coefficient (Wildman–Crippen LogP) is 2.24. The lowest BCUT2D eigenvalue weighted by Crippen LogP contribution is -2.24. The van der Waals surface area contributed by atoms with E-state index in [0.29, 0.717) is 18.5 Å². The Bertz CT molecular complexity index is 704. The van der Waals surface area contributed by atoms with Crippen molar-refractivity contribution < 1.29 is 24.9 Å². The van der Waals surface area contributed by atoms with Gasteiger partial charge in [-0.05, 0) is 25.1 Å². The number of phenols is 3. The minimum Gasteiger partial charge on any atom is -0.504 e. The highest BCUT2D eigenvalue weighted by molar-refractivity contribution is 5.98. The number of benzene rings is 2. The third kappa shape index (κ3) is 4.57. The van der Waals surface area contributed by atoms with E-state index in [2.05, 4.69) is 5.32 Å². The first-order valence-electron chi connectivity index (χ1n) is 7.56. The summed E-state index contributed by atoms with van der Waals surface area (Å²) in [5.74, 6) is -2.01. The SMILES string of the molecule is O=C(CCCNCC(=O)c1ccccc1)c1cc(O)c(O)c(O)c1. The molecule has 0 saturated heterocycles. The third-order valence-corrected chi connectivity index (χ3v) is 3.53. The molecule has 2 aromatic carbocycles. The number of ketones is 2. The van der Waals surface area contributed by atoms with Crippen LogP contribution in [0.2, 0.25) is 0 Å². The zero-order chi connectivity index (χ0) is 17.5. The summed E-state index contributed by atoms with van der Waals surface area (Å²) in [4.78, 5) is 23.8. The van der Waals surface area contributed by atoms with E-state index in [1.165, 1.54) is 0 Å². The second-order valence-electron chi connectivity index (χ2n) is 5.36. The van der Waals surface area contributed by atoms with Crippen molar-refractivity contribution in [1.29, 1.82) is 0 Å². The number of Topliss-reactive ketones (excluding diaryl/α,β-unsaturated/α-hetero) is 2. The second kappa shape index (κ2) is 8.12. The Kier molecular flexibility index (Phi) is 5.92. The second-order valence-corrected chi connectivity index (χ2v) is 5.36. The summed E-state index contributed by atoms with van der Waals surface area (Å²) in [5.41, 5.74) is 0.763. The largest absolute Gasteiger partial charge is 0.504 e. The molecule has 0 heterocycles. The van der Waals surface area contributed by atoms with Crippen LogP contribution in [0.3, 0.4) is 0 Å². The van der Waals surface area contributed by atoms with Gasteiger partial charge in [0.25, 0.3) is 0 Å². The molecule has 0 fully saturated rings. The van der Waals surface area contributed by atoms with Crippen LogP contribution >= 0.6 is 0 Å². The molecule has 0 radical (unpaired) electrons. The molecular formula is C18H19NO5. The van der Waals surface area contributed by atoms with Gasteiger partial charge in [-0.15, -0.1) is 0 Å². The Morgan fingerprint density at radius 2 is 1.50 bits per heavy atom. The van der Waals surface area contributed by atoms with Gasteiger partial charge in [0.15, 0.2) is 28.8 Å². The Labute approximate surface area is 139 Å². The van der Waals surface area contributed by atoms with Crippen molar-refractivity contribution in [3.8, 4) is 17.2 Å². The van der Waals surface area contributed by atoms with E-state index in [9.17, 15) is 24.9 Å². The molecule has 0 atom stereocenters. The van der Waals surface area contributed by atoms with Crippen LogP contribution < -0.4 is 5.32 Å². The lowest BCUT2D eigenvalue weighted by molar-refractivity contribution is 0.0979. The standard InChI is InChI=1S/C18H19NO5/c20-14(13-9-15(21)18(24)16(22)10-13)7-4-8-19-11-17(23)12-5-2-1-3-6-12/h1-3,5-6,9-10,19,21-22,24H,4,7-8,11H2. The van der Waals surface area contributed by atoms with Gasteiger partial charge in [-0.2, -0.15) is 0 Å². The number of nitrogens with one attached hydrogen (secondary N) is 1. The lowest BCUT2D eigenvalue weighted by Gasteiger charge is -2.06. The van der Waals surface area contributed by atoms with Crippen LogP contribution in [0.15, 0.2) is 42.5 Å². The van der Waals surface area contributed by atoms with Gasteiger partial charge in [0, 0.05) is 17.5 Å². The third-order valence-electron chi connectivity index (χ3n) is 3.53. The van der Waals surface area contributed by atoms with Crippen molar-refractivity contribution in [3.05, 3.63) is 53.6 Å². The number of hydrogen-bond donors (Lipinski definition) is 4. The fraction of sp³-hybridized carbons (Fsp3) is 0.222. The Balaban J connectivity index is 1.74. The first-order chi connectivity index (χ1) is 11.5. The Morgan fingerprint density at radius 3 is 2.12 bits per heavy atom. The number of rotatable bonds is 8. The van der Waals surface area contributed by atoms with Crippen molar-refractivity contribution >= 4 is 11.6 Å². The van der Waals surface area contributed by atoms with Crippen molar-refractivity contribution in [1.82, 2.24) is 5.32 Å². The average Bonchev–Trinajstić information content (AvgIpc) is 2.59. The highest BCUT2D eigenvalue weighted by Crippen LogP contribution is 2.35. The molecule has 6 heteroatoms. The van der Waals surface area contributed by atoms with Crippen LogP contribution in [0.5, 0.6) is 17.2 Å². The fourth-order valence-electron chi connectivity index (χ4n) is 2.21. The quantitative estimate of drug-likeness (QED) is 0.336. The van der Waals surface area contributed by atoms with Crippen LogP contribution in [0.25, 0.3) is 0 Å². The van der Waals surface area contributed by atoms with Crippen LogP contribution in [0, 0.1) is 0 Å². The normalized spacial score (nSPS) is 10.5. The van der Waals surface area contributed by atoms with Crippen LogP contribution in [0.4, 0.5) is 0 Å². The maximum absolute atomic E-state index is 12.0. The number of aromatic hydroxyl groups is 3. The molecule has 0 amide bonds. The number of phenolic OH excluding ortho intramolecular Hbond substituents is 3. The Hall–Kier alpha value is -2.86. The summed E-state index contributed by atoms with van der Waals surface area (Å²) in [7, 11) is 0. The average molecular weight is 329 g/mol. The first kappa shape index (κ1) is 17.5. The molecule has 0 unspecified atom stereocenters. The van der Waals surface area contributed by atoms with Crippen molar-refractivity contribution in [2.45, 2.75) is 12.8 Å². The zero-order valence-electron chi connectivity index (χ0n) is 13.0. The predicted molar refractivity (Wildman–Crippen MR) is 88.6 cm³/mol. The minimum absolute atomic E-state index is 0.0182. The van der Waals surface area contributed by atoms with E-state index in [1.54, 1.807) is 24.3 Å². The molecule has 126 valence electrons. The van der Waals surface area contributed by atoms with Crippen LogP contribution in [0.1, 0.15) is 33.6 Å². The zero-order valence-corrected chi connectivity index (χ0v) is 13.0. The molecule has 0 saturated carbocycles. The minimum atomic E-state index is -0.646. The van der Waals surface area contributed by atoms with Crippen molar-refractivity contribution in [3.63, 3.8) is 0 Å². The molecule has 24 heavy (non-hydrogen) atoms.